The molecule has 0 spiro atoms. The lowest BCUT2D eigenvalue weighted by Gasteiger charge is -2.18. The van der Waals surface area contributed by atoms with Crippen LogP contribution in [-0.2, 0) is 15.9 Å². The van der Waals surface area contributed by atoms with Crippen LogP contribution in [0.2, 0.25) is 0 Å². The Morgan fingerprint density at radius 3 is 2.74 bits per heavy atom. The monoisotopic (exact) mass is 267 g/mol. The van der Waals surface area contributed by atoms with Crippen LogP contribution in [0.1, 0.15) is 12.5 Å². The molecule has 0 amide bonds. The highest BCUT2D eigenvalue weighted by Gasteiger charge is 2.09. The number of likely N-dealkylation sites (N-methyl/N-ethyl adjacent to an activating group) is 1. The first-order valence-corrected chi connectivity index (χ1v) is 6.73. The maximum atomic E-state index is 5.60. The van der Waals surface area contributed by atoms with E-state index < -0.39 is 0 Å². The maximum absolute atomic E-state index is 5.60. The highest BCUT2D eigenvalue weighted by Crippen LogP contribution is 2.14. The molecule has 4 heteroatoms. The average molecular weight is 267 g/mol. The van der Waals surface area contributed by atoms with Crippen molar-refractivity contribution in [1.82, 2.24) is 5.32 Å². The molecule has 1 N–H and O–H groups in total. The maximum Gasteiger partial charge on any atom is 0.119 e. The molecule has 4 nitrogen and oxygen atoms in total. The van der Waals surface area contributed by atoms with E-state index in [2.05, 4.69) is 24.4 Å². The molecule has 0 saturated carbocycles. The molecule has 0 saturated heterocycles. The van der Waals surface area contributed by atoms with Gasteiger partial charge in [0.1, 0.15) is 5.75 Å². The smallest absolute Gasteiger partial charge is 0.119 e. The van der Waals surface area contributed by atoms with Crippen molar-refractivity contribution in [2.24, 2.45) is 0 Å². The molecule has 1 aromatic rings. The minimum atomic E-state index is 0.314. The number of methoxy groups -OCH3 is 2. The van der Waals surface area contributed by atoms with E-state index in [0.717, 1.165) is 18.7 Å². The lowest BCUT2D eigenvalue weighted by atomic mass is 10.1. The fourth-order valence-corrected chi connectivity index (χ4v) is 1.93. The zero-order chi connectivity index (χ0) is 13.9. The minimum absolute atomic E-state index is 0.314. The third kappa shape index (κ3) is 6.57. The van der Waals surface area contributed by atoms with Crippen LogP contribution >= 0.6 is 0 Å². The summed E-state index contributed by atoms with van der Waals surface area (Å²) in [6, 6.07) is 8.47. The van der Waals surface area contributed by atoms with E-state index in [9.17, 15) is 0 Å². The van der Waals surface area contributed by atoms with Gasteiger partial charge in [0.05, 0.1) is 26.9 Å². The second-order valence-corrected chi connectivity index (χ2v) is 4.38. The summed E-state index contributed by atoms with van der Waals surface area (Å²) in [4.78, 5) is 0. The van der Waals surface area contributed by atoms with Crippen LogP contribution in [0.4, 0.5) is 0 Å². The van der Waals surface area contributed by atoms with E-state index in [0.29, 0.717) is 25.9 Å². The van der Waals surface area contributed by atoms with E-state index in [1.165, 1.54) is 5.56 Å². The lowest BCUT2D eigenvalue weighted by molar-refractivity contribution is 0.0589. The van der Waals surface area contributed by atoms with Gasteiger partial charge in [-0.1, -0.05) is 19.1 Å². The molecule has 1 aromatic carbocycles. The van der Waals surface area contributed by atoms with E-state index in [4.69, 9.17) is 14.2 Å². The number of hydrogen-bond donors (Lipinski definition) is 1. The van der Waals surface area contributed by atoms with Gasteiger partial charge < -0.3 is 19.5 Å². The molecule has 1 unspecified atom stereocenters. The SMILES string of the molecule is CCNC(COCCOC)Cc1cccc(OC)c1. The minimum Gasteiger partial charge on any atom is -0.497 e. The number of benzene rings is 1. The predicted molar refractivity (Wildman–Crippen MR) is 76.9 cm³/mol. The summed E-state index contributed by atoms with van der Waals surface area (Å²) in [5.41, 5.74) is 1.25. The van der Waals surface area contributed by atoms with E-state index in [1.807, 2.05) is 12.1 Å². The second kappa shape index (κ2) is 9.78. The van der Waals surface area contributed by atoms with Crippen molar-refractivity contribution in [2.75, 3.05) is 40.6 Å². The molecule has 19 heavy (non-hydrogen) atoms. The Hall–Kier alpha value is -1.10. The Morgan fingerprint density at radius 1 is 1.21 bits per heavy atom. The quantitative estimate of drug-likeness (QED) is 0.657. The molecule has 0 aromatic heterocycles. The average Bonchev–Trinajstić information content (AvgIpc) is 2.44. The number of rotatable bonds is 10. The molecule has 0 heterocycles. The number of nitrogens with one attached hydrogen (secondary N) is 1. The van der Waals surface area contributed by atoms with E-state index in [1.54, 1.807) is 14.2 Å². The van der Waals surface area contributed by atoms with Gasteiger partial charge in [-0.3, -0.25) is 0 Å². The van der Waals surface area contributed by atoms with Crippen LogP contribution < -0.4 is 10.1 Å². The summed E-state index contributed by atoms with van der Waals surface area (Å²) in [5.74, 6) is 0.896. The molecule has 108 valence electrons. The molecule has 0 fully saturated rings. The molecular weight excluding hydrogens is 242 g/mol. The summed E-state index contributed by atoms with van der Waals surface area (Å²) in [6.07, 6.45) is 0.929. The molecule has 0 aliphatic heterocycles. The molecular formula is C15H25NO3. The van der Waals surface area contributed by atoms with Crippen LogP contribution in [0, 0.1) is 0 Å². The van der Waals surface area contributed by atoms with Crippen molar-refractivity contribution in [3.63, 3.8) is 0 Å². The van der Waals surface area contributed by atoms with Crippen LogP contribution in [0.5, 0.6) is 5.75 Å². The molecule has 1 atom stereocenters. The van der Waals surface area contributed by atoms with E-state index in [-0.39, 0.29) is 0 Å². The van der Waals surface area contributed by atoms with Gasteiger partial charge in [0.25, 0.3) is 0 Å². The summed E-state index contributed by atoms with van der Waals surface area (Å²) in [6.45, 7) is 5.00. The fraction of sp³-hybridized carbons (Fsp3) is 0.600. The summed E-state index contributed by atoms with van der Waals surface area (Å²) >= 11 is 0. The fourth-order valence-electron chi connectivity index (χ4n) is 1.93. The molecule has 0 aliphatic carbocycles. The van der Waals surface area contributed by atoms with Gasteiger partial charge in [-0.2, -0.15) is 0 Å². The summed E-state index contributed by atoms with van der Waals surface area (Å²) in [7, 11) is 3.37. The Balaban J connectivity index is 2.46. The normalized spacial score (nSPS) is 12.4. The van der Waals surface area contributed by atoms with Gasteiger partial charge in [0, 0.05) is 13.2 Å². The van der Waals surface area contributed by atoms with Gasteiger partial charge in [-0.05, 0) is 30.7 Å². The molecule has 1 rings (SSSR count). The summed E-state index contributed by atoms with van der Waals surface area (Å²) < 4.78 is 15.8. The predicted octanol–water partition coefficient (Wildman–Crippen LogP) is 1.88. The molecule has 0 aliphatic rings. The Labute approximate surface area is 116 Å². The highest BCUT2D eigenvalue weighted by atomic mass is 16.5. The van der Waals surface area contributed by atoms with Crippen molar-refractivity contribution >= 4 is 0 Å². The van der Waals surface area contributed by atoms with Crippen LogP contribution in [0.15, 0.2) is 24.3 Å². The van der Waals surface area contributed by atoms with Crippen molar-refractivity contribution < 1.29 is 14.2 Å². The van der Waals surface area contributed by atoms with Crippen LogP contribution in [0.25, 0.3) is 0 Å². The molecule has 0 bridgehead atoms. The first kappa shape index (κ1) is 16.0. The topological polar surface area (TPSA) is 39.7 Å². The zero-order valence-electron chi connectivity index (χ0n) is 12.1. The second-order valence-electron chi connectivity index (χ2n) is 4.38. The van der Waals surface area contributed by atoms with Gasteiger partial charge in [0.2, 0.25) is 0 Å². The Morgan fingerprint density at radius 2 is 2.05 bits per heavy atom. The Bertz CT molecular complexity index is 344. The number of ether oxygens (including phenoxy) is 3. The van der Waals surface area contributed by atoms with Crippen molar-refractivity contribution in [3.8, 4) is 5.75 Å². The summed E-state index contributed by atoms with van der Waals surface area (Å²) in [5, 5.41) is 3.44. The van der Waals surface area contributed by atoms with E-state index >= 15 is 0 Å². The molecule has 0 radical (unpaired) electrons. The van der Waals surface area contributed by atoms with Gasteiger partial charge in [-0.25, -0.2) is 0 Å². The van der Waals surface area contributed by atoms with Gasteiger partial charge in [-0.15, -0.1) is 0 Å². The first-order chi connectivity index (χ1) is 9.30. The number of hydrogen-bond acceptors (Lipinski definition) is 4. The van der Waals surface area contributed by atoms with Crippen molar-refractivity contribution in [3.05, 3.63) is 29.8 Å². The first-order valence-electron chi connectivity index (χ1n) is 6.73. The third-order valence-electron chi connectivity index (χ3n) is 2.86. The standard InChI is InChI=1S/C15H25NO3/c1-4-16-14(12-19-9-8-17-2)10-13-6-5-7-15(11-13)18-3/h5-7,11,14,16H,4,8-10,12H2,1-3H3. The van der Waals surface area contributed by atoms with Crippen LogP contribution in [-0.4, -0.2) is 46.6 Å². The largest absolute Gasteiger partial charge is 0.497 e. The Kier molecular flexibility index (Phi) is 8.21. The lowest BCUT2D eigenvalue weighted by Crippen LogP contribution is -2.35. The third-order valence-corrected chi connectivity index (χ3v) is 2.86. The van der Waals surface area contributed by atoms with Crippen molar-refractivity contribution in [1.29, 1.82) is 0 Å². The van der Waals surface area contributed by atoms with Gasteiger partial charge >= 0.3 is 0 Å². The van der Waals surface area contributed by atoms with Gasteiger partial charge in [0.15, 0.2) is 0 Å². The highest BCUT2D eigenvalue weighted by molar-refractivity contribution is 5.28. The zero-order valence-corrected chi connectivity index (χ0v) is 12.1. The van der Waals surface area contributed by atoms with Crippen LogP contribution in [0.3, 0.4) is 0 Å². The van der Waals surface area contributed by atoms with Crippen molar-refractivity contribution in [2.45, 2.75) is 19.4 Å².